The van der Waals surface area contributed by atoms with Gasteiger partial charge in [-0.1, -0.05) is 30.3 Å². The monoisotopic (exact) mass is 222 g/mol. The summed E-state index contributed by atoms with van der Waals surface area (Å²) in [5.74, 6) is -0.930. The van der Waals surface area contributed by atoms with Crippen molar-refractivity contribution in [3.63, 3.8) is 0 Å². The zero-order valence-electron chi connectivity index (χ0n) is 9.05. The molecule has 0 saturated carbocycles. The van der Waals surface area contributed by atoms with Crippen LogP contribution in [0.25, 0.3) is 0 Å². The molecule has 0 amide bonds. The third-order valence-electron chi connectivity index (χ3n) is 2.75. The smallest absolute Gasteiger partial charge is 0.338 e. The van der Waals surface area contributed by atoms with E-state index in [1.807, 2.05) is 30.3 Å². The highest BCUT2D eigenvalue weighted by molar-refractivity contribution is 5.80. The quantitative estimate of drug-likeness (QED) is 0.766. The van der Waals surface area contributed by atoms with Gasteiger partial charge in [-0.3, -0.25) is 0 Å². The van der Waals surface area contributed by atoms with Crippen LogP contribution in [-0.2, 0) is 20.9 Å². The molecule has 4 heteroatoms. The molecule has 1 aromatic rings. The van der Waals surface area contributed by atoms with Crippen LogP contribution in [0.5, 0.6) is 0 Å². The topological polar surface area (TPSA) is 59.1 Å². The number of rotatable bonds is 5. The maximum atomic E-state index is 10.7. The summed E-state index contributed by atoms with van der Waals surface area (Å²) in [4.78, 5) is 10.7. The van der Waals surface area contributed by atoms with Crippen molar-refractivity contribution in [3.05, 3.63) is 35.9 Å². The highest BCUT2D eigenvalue weighted by Crippen LogP contribution is 2.36. The first-order valence-corrected chi connectivity index (χ1v) is 5.16. The Morgan fingerprint density at radius 2 is 2.19 bits per heavy atom. The van der Waals surface area contributed by atoms with Gasteiger partial charge in [0, 0.05) is 0 Å². The number of epoxide rings is 1. The lowest BCUT2D eigenvalue weighted by atomic mass is 10.1. The van der Waals surface area contributed by atoms with E-state index in [0.29, 0.717) is 13.2 Å². The summed E-state index contributed by atoms with van der Waals surface area (Å²) in [6, 6.07) is 9.74. The van der Waals surface area contributed by atoms with Gasteiger partial charge >= 0.3 is 5.97 Å². The van der Waals surface area contributed by atoms with Crippen molar-refractivity contribution in [2.24, 2.45) is 0 Å². The lowest BCUT2D eigenvalue weighted by molar-refractivity contribution is -0.142. The van der Waals surface area contributed by atoms with Crippen molar-refractivity contribution in [1.82, 2.24) is 0 Å². The highest BCUT2D eigenvalue weighted by Gasteiger charge is 2.59. The fraction of sp³-hybridized carbons (Fsp3) is 0.417. The molecule has 16 heavy (non-hydrogen) atoms. The first-order valence-electron chi connectivity index (χ1n) is 5.16. The van der Waals surface area contributed by atoms with Gasteiger partial charge in [-0.25, -0.2) is 4.79 Å². The Balaban J connectivity index is 1.73. The van der Waals surface area contributed by atoms with Crippen LogP contribution in [0, 0.1) is 0 Å². The Kier molecular flexibility index (Phi) is 2.94. The van der Waals surface area contributed by atoms with E-state index in [0.717, 1.165) is 5.56 Å². The van der Waals surface area contributed by atoms with Gasteiger partial charge in [-0.05, 0) is 12.5 Å². The average Bonchev–Trinajstić information content (AvgIpc) is 2.93. The fourth-order valence-electron chi connectivity index (χ4n) is 1.50. The van der Waals surface area contributed by atoms with E-state index < -0.39 is 11.6 Å². The molecule has 0 aliphatic carbocycles. The minimum Gasteiger partial charge on any atom is -0.479 e. The van der Waals surface area contributed by atoms with Crippen molar-refractivity contribution < 1.29 is 19.4 Å². The van der Waals surface area contributed by atoms with Gasteiger partial charge < -0.3 is 14.6 Å². The van der Waals surface area contributed by atoms with E-state index in [1.165, 1.54) is 0 Å². The fourth-order valence-corrected chi connectivity index (χ4v) is 1.50. The summed E-state index contributed by atoms with van der Waals surface area (Å²) in [6.07, 6.45) is -0.325. The van der Waals surface area contributed by atoms with Crippen molar-refractivity contribution in [2.45, 2.75) is 25.2 Å². The van der Waals surface area contributed by atoms with Crippen LogP contribution in [0.4, 0.5) is 0 Å². The second-order valence-corrected chi connectivity index (χ2v) is 4.02. The van der Waals surface area contributed by atoms with Gasteiger partial charge in [0.2, 0.25) is 0 Å². The zero-order chi connectivity index (χ0) is 11.6. The van der Waals surface area contributed by atoms with Gasteiger partial charge in [0.15, 0.2) is 5.60 Å². The molecule has 1 unspecified atom stereocenters. The van der Waals surface area contributed by atoms with Crippen molar-refractivity contribution >= 4 is 5.97 Å². The van der Waals surface area contributed by atoms with E-state index in [4.69, 9.17) is 14.6 Å². The Hall–Kier alpha value is -1.39. The van der Waals surface area contributed by atoms with Crippen LogP contribution in [-0.4, -0.2) is 29.4 Å². The van der Waals surface area contributed by atoms with E-state index >= 15 is 0 Å². The van der Waals surface area contributed by atoms with Crippen molar-refractivity contribution in [2.75, 3.05) is 6.61 Å². The zero-order valence-corrected chi connectivity index (χ0v) is 9.05. The van der Waals surface area contributed by atoms with Gasteiger partial charge in [-0.2, -0.15) is 0 Å². The number of benzene rings is 1. The summed E-state index contributed by atoms with van der Waals surface area (Å²) < 4.78 is 10.5. The summed E-state index contributed by atoms with van der Waals surface area (Å²) in [6.45, 7) is 2.36. The molecule has 1 N–H and O–H groups in total. The lowest BCUT2D eigenvalue weighted by Crippen LogP contribution is -2.24. The minimum atomic E-state index is -1.04. The maximum absolute atomic E-state index is 10.7. The summed E-state index contributed by atoms with van der Waals surface area (Å²) in [5.41, 5.74) is 0.0247. The number of aliphatic carboxylic acids is 1. The van der Waals surface area contributed by atoms with E-state index in [9.17, 15) is 4.79 Å². The lowest BCUT2D eigenvalue weighted by Gasteiger charge is -2.03. The molecule has 1 saturated heterocycles. The molecular weight excluding hydrogens is 208 g/mol. The van der Waals surface area contributed by atoms with Gasteiger partial charge in [-0.15, -0.1) is 0 Å². The van der Waals surface area contributed by atoms with Gasteiger partial charge in [0.1, 0.15) is 6.10 Å². The largest absolute Gasteiger partial charge is 0.479 e. The molecule has 86 valence electrons. The van der Waals surface area contributed by atoms with Gasteiger partial charge in [0.05, 0.1) is 13.2 Å². The molecule has 0 spiro atoms. The van der Waals surface area contributed by atoms with Gasteiger partial charge in [0.25, 0.3) is 0 Å². The number of hydrogen-bond acceptors (Lipinski definition) is 3. The second kappa shape index (κ2) is 4.23. The Morgan fingerprint density at radius 1 is 1.50 bits per heavy atom. The normalized spacial score (nSPS) is 27.7. The van der Waals surface area contributed by atoms with E-state index in [-0.39, 0.29) is 6.10 Å². The predicted octanol–water partition coefficient (Wildman–Crippen LogP) is 1.45. The molecule has 1 aliphatic heterocycles. The number of ether oxygens (including phenoxy) is 2. The Labute approximate surface area is 93.8 Å². The molecule has 2 rings (SSSR count). The van der Waals surface area contributed by atoms with E-state index in [1.54, 1.807) is 6.92 Å². The summed E-state index contributed by atoms with van der Waals surface area (Å²) >= 11 is 0. The predicted molar refractivity (Wildman–Crippen MR) is 57.0 cm³/mol. The molecule has 0 bridgehead atoms. The number of carboxylic acids is 1. The molecule has 0 radical (unpaired) electrons. The van der Waals surface area contributed by atoms with Crippen LogP contribution in [0.2, 0.25) is 0 Å². The number of carbonyl (C=O) groups is 1. The Morgan fingerprint density at radius 3 is 2.75 bits per heavy atom. The molecule has 0 aromatic heterocycles. The standard InChI is InChI=1S/C12H14O4/c1-12(11(13)14)10(16-12)8-15-7-9-5-3-2-4-6-9/h2-6,10H,7-8H2,1H3,(H,13,14)/t10?,12-/m0/s1. The molecule has 2 atom stereocenters. The van der Waals surface area contributed by atoms with Crippen LogP contribution in [0.3, 0.4) is 0 Å². The highest BCUT2D eigenvalue weighted by atomic mass is 16.6. The first-order chi connectivity index (χ1) is 7.63. The molecule has 1 fully saturated rings. The molecule has 4 nitrogen and oxygen atoms in total. The maximum Gasteiger partial charge on any atom is 0.338 e. The SMILES string of the molecule is C[C@]1(C(=O)O)OC1COCc1ccccc1. The summed E-state index contributed by atoms with van der Waals surface area (Å²) in [7, 11) is 0. The van der Waals surface area contributed by atoms with Crippen LogP contribution in [0.15, 0.2) is 30.3 Å². The molecule has 1 heterocycles. The molecule has 1 aromatic carbocycles. The third-order valence-corrected chi connectivity index (χ3v) is 2.75. The number of carboxylic acid groups (broad SMARTS) is 1. The summed E-state index contributed by atoms with van der Waals surface area (Å²) in [5, 5.41) is 8.82. The second-order valence-electron chi connectivity index (χ2n) is 4.02. The van der Waals surface area contributed by atoms with E-state index in [2.05, 4.69) is 0 Å². The van der Waals surface area contributed by atoms with Crippen molar-refractivity contribution in [3.8, 4) is 0 Å². The minimum absolute atomic E-state index is 0.317. The Bertz CT molecular complexity index is 376. The number of hydrogen-bond donors (Lipinski definition) is 1. The molecular formula is C12H14O4. The molecule has 1 aliphatic rings. The van der Waals surface area contributed by atoms with Crippen LogP contribution >= 0.6 is 0 Å². The van der Waals surface area contributed by atoms with Crippen LogP contribution in [0.1, 0.15) is 12.5 Å². The van der Waals surface area contributed by atoms with Crippen molar-refractivity contribution in [1.29, 1.82) is 0 Å². The third kappa shape index (κ3) is 2.23. The average molecular weight is 222 g/mol. The first kappa shape index (κ1) is 11.1. The van der Waals surface area contributed by atoms with Crippen LogP contribution < -0.4 is 0 Å².